The van der Waals surface area contributed by atoms with Gasteiger partial charge in [-0.05, 0) is 37.6 Å². The quantitative estimate of drug-likeness (QED) is 0.659. The average Bonchev–Trinajstić information content (AvgIpc) is 2.45. The Bertz CT molecular complexity index is 541. The molecule has 1 amide bonds. The van der Waals surface area contributed by atoms with Crippen molar-refractivity contribution >= 4 is 17.6 Å². The maximum Gasteiger partial charge on any atom is 0.331 e. The highest BCUT2D eigenvalue weighted by Crippen LogP contribution is 2.09. The minimum absolute atomic E-state index is 0.423. The number of allylic oxidation sites excluding steroid dienone is 1. The summed E-state index contributed by atoms with van der Waals surface area (Å²) in [5.41, 5.74) is 1.05. The molecule has 0 saturated carbocycles. The van der Waals surface area contributed by atoms with E-state index in [4.69, 9.17) is 10.00 Å². The lowest BCUT2D eigenvalue weighted by molar-refractivity contribution is -0.148. The molecular weight excluding hydrogens is 256 g/mol. The maximum absolute atomic E-state index is 11.8. The number of carbonyl (C=O) groups excluding carboxylic acids is 2. The largest absolute Gasteiger partial charge is 0.449 e. The molecule has 0 radical (unpaired) electrons. The second-order valence-corrected chi connectivity index (χ2v) is 4.07. The van der Waals surface area contributed by atoms with Crippen LogP contribution in [0, 0.1) is 11.3 Å². The molecule has 1 aromatic rings. The van der Waals surface area contributed by atoms with E-state index in [0.717, 1.165) is 6.42 Å². The van der Waals surface area contributed by atoms with E-state index in [-0.39, 0.29) is 0 Å². The van der Waals surface area contributed by atoms with Gasteiger partial charge in [0.1, 0.15) is 0 Å². The standard InChI is InChI=1S/C15H16N2O3/c1-3-4-5-14(18)20-11(2)15(19)17-13-8-6-12(10-16)7-9-13/h4-9,11H,3H2,1-2H3,(H,17,19)/b5-4+/t11-/m0/s1. The molecule has 1 rings (SSSR count). The van der Waals surface area contributed by atoms with Crippen LogP contribution in [0.5, 0.6) is 0 Å². The molecule has 0 aromatic heterocycles. The van der Waals surface area contributed by atoms with Crippen LogP contribution < -0.4 is 5.32 Å². The summed E-state index contributed by atoms with van der Waals surface area (Å²) < 4.78 is 4.94. The molecule has 1 atom stereocenters. The van der Waals surface area contributed by atoms with E-state index in [1.165, 1.54) is 13.0 Å². The van der Waals surface area contributed by atoms with Crippen molar-refractivity contribution in [2.75, 3.05) is 5.32 Å². The van der Waals surface area contributed by atoms with E-state index in [1.807, 2.05) is 13.0 Å². The Labute approximate surface area is 117 Å². The van der Waals surface area contributed by atoms with E-state index in [2.05, 4.69) is 5.32 Å². The first kappa shape index (κ1) is 15.4. The second kappa shape index (κ2) is 7.74. The van der Waals surface area contributed by atoms with Gasteiger partial charge in [-0.1, -0.05) is 13.0 Å². The first-order valence-corrected chi connectivity index (χ1v) is 6.25. The van der Waals surface area contributed by atoms with Gasteiger partial charge in [-0.25, -0.2) is 4.79 Å². The summed E-state index contributed by atoms with van der Waals surface area (Å²) >= 11 is 0. The fraction of sp³-hybridized carbons (Fsp3) is 0.267. The Morgan fingerprint density at radius 2 is 2.05 bits per heavy atom. The van der Waals surface area contributed by atoms with Crippen molar-refractivity contribution in [1.29, 1.82) is 5.26 Å². The fourth-order valence-electron chi connectivity index (χ4n) is 1.35. The van der Waals surface area contributed by atoms with Gasteiger partial charge < -0.3 is 10.1 Å². The molecule has 0 aliphatic carbocycles. The van der Waals surface area contributed by atoms with Crippen molar-refractivity contribution in [2.45, 2.75) is 26.4 Å². The highest BCUT2D eigenvalue weighted by Gasteiger charge is 2.16. The summed E-state index contributed by atoms with van der Waals surface area (Å²) in [5, 5.41) is 11.3. The molecule has 0 heterocycles. The van der Waals surface area contributed by atoms with Gasteiger partial charge >= 0.3 is 5.97 Å². The van der Waals surface area contributed by atoms with Gasteiger partial charge in [0.2, 0.25) is 0 Å². The van der Waals surface area contributed by atoms with Crippen LogP contribution in [0.3, 0.4) is 0 Å². The SMILES string of the molecule is CC/C=C/C(=O)O[C@@H](C)C(=O)Nc1ccc(C#N)cc1. The van der Waals surface area contributed by atoms with Crippen LogP contribution in [-0.2, 0) is 14.3 Å². The Hall–Kier alpha value is -2.61. The Morgan fingerprint density at radius 3 is 2.60 bits per heavy atom. The van der Waals surface area contributed by atoms with E-state index >= 15 is 0 Å². The van der Waals surface area contributed by atoms with E-state index in [1.54, 1.807) is 30.3 Å². The molecule has 0 saturated heterocycles. The highest BCUT2D eigenvalue weighted by molar-refractivity contribution is 5.95. The van der Waals surface area contributed by atoms with Crippen molar-refractivity contribution < 1.29 is 14.3 Å². The van der Waals surface area contributed by atoms with E-state index < -0.39 is 18.0 Å². The van der Waals surface area contributed by atoms with Crippen molar-refractivity contribution in [3.05, 3.63) is 42.0 Å². The molecule has 0 aliphatic heterocycles. The topological polar surface area (TPSA) is 79.2 Å². The molecule has 5 heteroatoms. The molecule has 0 spiro atoms. The number of ether oxygens (including phenoxy) is 1. The molecule has 0 fully saturated rings. The summed E-state index contributed by atoms with van der Waals surface area (Å²) in [5.74, 6) is -0.970. The normalized spacial score (nSPS) is 11.7. The van der Waals surface area contributed by atoms with Crippen LogP contribution in [-0.4, -0.2) is 18.0 Å². The number of amides is 1. The van der Waals surface area contributed by atoms with Gasteiger partial charge in [0.15, 0.2) is 6.10 Å². The van der Waals surface area contributed by atoms with Gasteiger partial charge in [0, 0.05) is 11.8 Å². The van der Waals surface area contributed by atoms with Crippen LogP contribution in [0.15, 0.2) is 36.4 Å². The molecule has 0 bridgehead atoms. The highest BCUT2D eigenvalue weighted by atomic mass is 16.5. The van der Waals surface area contributed by atoms with Gasteiger partial charge in [0.05, 0.1) is 11.6 Å². The van der Waals surface area contributed by atoms with Gasteiger partial charge in [-0.2, -0.15) is 5.26 Å². The zero-order valence-electron chi connectivity index (χ0n) is 11.4. The second-order valence-electron chi connectivity index (χ2n) is 4.07. The minimum atomic E-state index is -0.889. The summed E-state index contributed by atoms with van der Waals surface area (Å²) in [7, 11) is 0. The van der Waals surface area contributed by atoms with Crippen molar-refractivity contribution in [2.24, 2.45) is 0 Å². The van der Waals surface area contributed by atoms with E-state index in [9.17, 15) is 9.59 Å². The molecule has 0 unspecified atom stereocenters. The number of anilines is 1. The molecule has 104 valence electrons. The number of carbonyl (C=O) groups is 2. The van der Waals surface area contributed by atoms with E-state index in [0.29, 0.717) is 11.3 Å². The zero-order valence-corrected chi connectivity index (χ0v) is 11.4. The molecule has 1 aromatic carbocycles. The molecular formula is C15H16N2O3. The van der Waals surface area contributed by atoms with Crippen LogP contribution in [0.25, 0.3) is 0 Å². The Kier molecular flexibility index (Phi) is 5.98. The van der Waals surface area contributed by atoms with Crippen LogP contribution >= 0.6 is 0 Å². The Morgan fingerprint density at radius 1 is 1.40 bits per heavy atom. The lowest BCUT2D eigenvalue weighted by Crippen LogP contribution is -2.29. The Balaban J connectivity index is 2.55. The third-order valence-electron chi connectivity index (χ3n) is 2.43. The summed E-state index contributed by atoms with van der Waals surface area (Å²) in [4.78, 5) is 23.1. The number of nitriles is 1. The summed E-state index contributed by atoms with van der Waals surface area (Å²) in [6.45, 7) is 3.39. The predicted octanol–water partition coefficient (Wildman–Crippen LogP) is 2.39. The number of nitrogens with one attached hydrogen (secondary N) is 1. The number of benzene rings is 1. The monoisotopic (exact) mass is 272 g/mol. The number of hydrogen-bond donors (Lipinski definition) is 1. The minimum Gasteiger partial charge on any atom is -0.449 e. The first-order valence-electron chi connectivity index (χ1n) is 6.25. The fourth-order valence-corrected chi connectivity index (χ4v) is 1.35. The lowest BCUT2D eigenvalue weighted by atomic mass is 10.2. The first-order chi connectivity index (χ1) is 9.56. The molecule has 0 aliphatic rings. The third kappa shape index (κ3) is 4.94. The predicted molar refractivity (Wildman–Crippen MR) is 74.8 cm³/mol. The maximum atomic E-state index is 11.8. The number of rotatable bonds is 5. The zero-order chi connectivity index (χ0) is 15.0. The van der Waals surface area contributed by atoms with Crippen molar-refractivity contribution in [3.8, 4) is 6.07 Å². The molecule has 5 nitrogen and oxygen atoms in total. The van der Waals surface area contributed by atoms with Gasteiger partial charge in [-0.15, -0.1) is 0 Å². The summed E-state index contributed by atoms with van der Waals surface area (Å²) in [6.07, 6.45) is 2.79. The molecule has 20 heavy (non-hydrogen) atoms. The number of nitrogens with zero attached hydrogens (tertiary/aromatic N) is 1. The smallest absolute Gasteiger partial charge is 0.331 e. The number of esters is 1. The van der Waals surface area contributed by atoms with Crippen molar-refractivity contribution in [1.82, 2.24) is 0 Å². The van der Waals surface area contributed by atoms with Crippen LogP contribution in [0.2, 0.25) is 0 Å². The van der Waals surface area contributed by atoms with Gasteiger partial charge in [0.25, 0.3) is 5.91 Å². The van der Waals surface area contributed by atoms with Gasteiger partial charge in [-0.3, -0.25) is 4.79 Å². The lowest BCUT2D eigenvalue weighted by Gasteiger charge is -2.12. The number of hydrogen-bond acceptors (Lipinski definition) is 4. The third-order valence-corrected chi connectivity index (χ3v) is 2.43. The van der Waals surface area contributed by atoms with Crippen LogP contribution in [0.1, 0.15) is 25.8 Å². The summed E-state index contributed by atoms with van der Waals surface area (Å²) in [6, 6.07) is 8.40. The van der Waals surface area contributed by atoms with Crippen LogP contribution in [0.4, 0.5) is 5.69 Å². The average molecular weight is 272 g/mol. The van der Waals surface area contributed by atoms with Crippen molar-refractivity contribution in [3.63, 3.8) is 0 Å². The molecule has 1 N–H and O–H groups in total.